The Hall–Kier alpha value is -3.45. The third-order valence-electron chi connectivity index (χ3n) is 5.35. The molecule has 5 aromatic rings. The molecule has 0 fully saturated rings. The monoisotopic (exact) mass is 414 g/mol. The number of hydrogen-bond donors (Lipinski definition) is 3. The van der Waals surface area contributed by atoms with Crippen molar-refractivity contribution in [3.8, 4) is 0 Å². The zero-order valence-electron chi connectivity index (χ0n) is 16.8. The Balaban J connectivity index is 1.45. The Morgan fingerprint density at radius 3 is 2.67 bits per heavy atom. The first-order chi connectivity index (χ1) is 14.7. The van der Waals surface area contributed by atoms with Crippen LogP contribution in [-0.2, 0) is 0 Å². The van der Waals surface area contributed by atoms with E-state index >= 15 is 0 Å². The molecule has 1 unspecified atom stereocenters. The number of benzene rings is 2. The number of fused-ring (bicyclic) bond motifs is 2. The van der Waals surface area contributed by atoms with Crippen molar-refractivity contribution in [3.05, 3.63) is 65.7 Å². The topological polar surface area (TPSA) is 78.5 Å². The molecule has 5 rings (SSSR count). The third-order valence-corrected chi connectivity index (χ3v) is 6.27. The normalized spacial score (nSPS) is 12.3. The second-order valence-corrected chi connectivity index (χ2v) is 8.30. The maximum Gasteiger partial charge on any atom is 0.229 e. The molecule has 7 heteroatoms. The lowest BCUT2D eigenvalue weighted by molar-refractivity contribution is 0.734. The lowest BCUT2D eigenvalue weighted by Crippen LogP contribution is -2.01. The van der Waals surface area contributed by atoms with Gasteiger partial charge in [-0.05, 0) is 59.7 Å². The van der Waals surface area contributed by atoms with Crippen LogP contribution in [0.3, 0.4) is 0 Å². The lowest BCUT2D eigenvalue weighted by Gasteiger charge is -2.12. The molecule has 150 valence electrons. The van der Waals surface area contributed by atoms with Gasteiger partial charge in [0.1, 0.15) is 0 Å². The van der Waals surface area contributed by atoms with Gasteiger partial charge in [-0.25, -0.2) is 4.98 Å². The second kappa shape index (κ2) is 7.76. The van der Waals surface area contributed by atoms with Gasteiger partial charge >= 0.3 is 0 Å². The molecular weight excluding hydrogens is 392 g/mol. The molecule has 0 aliphatic carbocycles. The van der Waals surface area contributed by atoms with Gasteiger partial charge in [0.25, 0.3) is 0 Å². The molecule has 0 aliphatic heterocycles. The number of nitrogens with zero attached hydrogens (tertiary/aromatic N) is 3. The van der Waals surface area contributed by atoms with E-state index in [1.54, 1.807) is 11.3 Å². The molecule has 3 aromatic heterocycles. The van der Waals surface area contributed by atoms with Gasteiger partial charge in [-0.15, -0.1) is 11.3 Å². The fourth-order valence-corrected chi connectivity index (χ4v) is 4.20. The maximum absolute atomic E-state index is 4.76. The largest absolute Gasteiger partial charge is 0.339 e. The Morgan fingerprint density at radius 1 is 1.00 bits per heavy atom. The van der Waals surface area contributed by atoms with Crippen LogP contribution in [0.2, 0.25) is 0 Å². The number of anilines is 4. The SMILES string of the molecule is CCC(C)c1ccc(Nc2nc(Nc3ccc4[nH]ncc4c3)c3sccc3n2)cc1. The van der Waals surface area contributed by atoms with E-state index in [0.717, 1.165) is 44.7 Å². The summed E-state index contributed by atoms with van der Waals surface area (Å²) < 4.78 is 1.03. The smallest absolute Gasteiger partial charge is 0.229 e. The highest BCUT2D eigenvalue weighted by Crippen LogP contribution is 2.31. The predicted molar refractivity (Wildman–Crippen MR) is 125 cm³/mol. The van der Waals surface area contributed by atoms with Crippen LogP contribution in [0.4, 0.5) is 23.1 Å². The van der Waals surface area contributed by atoms with E-state index < -0.39 is 0 Å². The fourth-order valence-electron chi connectivity index (χ4n) is 3.42. The first kappa shape index (κ1) is 18.6. The number of aromatic nitrogens is 4. The van der Waals surface area contributed by atoms with E-state index in [9.17, 15) is 0 Å². The quantitative estimate of drug-likeness (QED) is 0.293. The summed E-state index contributed by atoms with van der Waals surface area (Å²) in [5, 5.41) is 17.0. The highest BCUT2D eigenvalue weighted by Gasteiger charge is 2.11. The lowest BCUT2D eigenvalue weighted by atomic mass is 9.99. The van der Waals surface area contributed by atoms with Gasteiger partial charge in [0.15, 0.2) is 5.82 Å². The highest BCUT2D eigenvalue weighted by atomic mass is 32.1. The van der Waals surface area contributed by atoms with Crippen molar-refractivity contribution in [2.75, 3.05) is 10.6 Å². The highest BCUT2D eigenvalue weighted by molar-refractivity contribution is 7.17. The van der Waals surface area contributed by atoms with Crippen LogP contribution in [0.15, 0.2) is 60.1 Å². The molecule has 3 N–H and O–H groups in total. The number of thiophene rings is 1. The van der Waals surface area contributed by atoms with Crippen LogP contribution >= 0.6 is 11.3 Å². The van der Waals surface area contributed by atoms with Gasteiger partial charge in [-0.2, -0.15) is 10.1 Å². The van der Waals surface area contributed by atoms with Crippen LogP contribution in [0.25, 0.3) is 21.1 Å². The average molecular weight is 415 g/mol. The molecule has 2 aromatic carbocycles. The summed E-state index contributed by atoms with van der Waals surface area (Å²) >= 11 is 1.63. The number of aromatic amines is 1. The molecule has 0 saturated carbocycles. The van der Waals surface area contributed by atoms with Gasteiger partial charge in [0, 0.05) is 16.8 Å². The molecule has 1 atom stereocenters. The van der Waals surface area contributed by atoms with Crippen LogP contribution in [0, 0.1) is 0 Å². The van der Waals surface area contributed by atoms with Crippen molar-refractivity contribution < 1.29 is 0 Å². The molecule has 0 aliphatic rings. The molecule has 0 spiro atoms. The van der Waals surface area contributed by atoms with E-state index in [1.165, 1.54) is 5.56 Å². The maximum atomic E-state index is 4.76. The molecule has 0 bridgehead atoms. The number of hydrogen-bond acceptors (Lipinski definition) is 6. The van der Waals surface area contributed by atoms with Crippen molar-refractivity contribution in [3.63, 3.8) is 0 Å². The summed E-state index contributed by atoms with van der Waals surface area (Å²) in [5.41, 5.74) is 5.20. The summed E-state index contributed by atoms with van der Waals surface area (Å²) in [6, 6.07) is 16.6. The summed E-state index contributed by atoms with van der Waals surface area (Å²) in [5.74, 6) is 1.92. The first-order valence-corrected chi connectivity index (χ1v) is 10.9. The van der Waals surface area contributed by atoms with Gasteiger partial charge in [0.05, 0.1) is 21.9 Å². The first-order valence-electron chi connectivity index (χ1n) is 10.0. The summed E-state index contributed by atoms with van der Waals surface area (Å²) in [4.78, 5) is 9.44. The molecule has 0 saturated heterocycles. The summed E-state index contributed by atoms with van der Waals surface area (Å²) in [7, 11) is 0. The molecular formula is C23H22N6S. The predicted octanol–water partition coefficient (Wildman–Crippen LogP) is 6.57. The fraction of sp³-hybridized carbons (Fsp3) is 0.174. The van der Waals surface area contributed by atoms with Gasteiger partial charge in [-0.3, -0.25) is 5.10 Å². The van der Waals surface area contributed by atoms with Crippen molar-refractivity contribution in [1.82, 2.24) is 20.2 Å². The Morgan fingerprint density at radius 2 is 1.83 bits per heavy atom. The summed E-state index contributed by atoms with van der Waals surface area (Å²) in [6.07, 6.45) is 2.95. The number of rotatable bonds is 6. The van der Waals surface area contributed by atoms with E-state index in [0.29, 0.717) is 11.9 Å². The third kappa shape index (κ3) is 3.59. The van der Waals surface area contributed by atoms with Gasteiger partial charge in [0.2, 0.25) is 5.95 Å². The van der Waals surface area contributed by atoms with Crippen molar-refractivity contribution in [2.24, 2.45) is 0 Å². The zero-order chi connectivity index (χ0) is 20.5. The average Bonchev–Trinajstić information content (AvgIpc) is 3.43. The van der Waals surface area contributed by atoms with E-state index in [1.807, 2.05) is 29.8 Å². The molecule has 3 heterocycles. The number of H-pyrrole nitrogens is 1. The molecule has 6 nitrogen and oxygen atoms in total. The van der Waals surface area contributed by atoms with Crippen LogP contribution in [0.1, 0.15) is 31.7 Å². The second-order valence-electron chi connectivity index (χ2n) is 7.38. The van der Waals surface area contributed by atoms with Crippen molar-refractivity contribution in [1.29, 1.82) is 0 Å². The van der Waals surface area contributed by atoms with Gasteiger partial charge < -0.3 is 10.6 Å². The minimum absolute atomic E-state index is 0.556. The molecule has 0 radical (unpaired) electrons. The van der Waals surface area contributed by atoms with E-state index in [4.69, 9.17) is 4.98 Å². The molecule has 0 amide bonds. The zero-order valence-corrected chi connectivity index (χ0v) is 17.6. The standard InChI is InChI=1S/C23H22N6S/c1-3-14(2)15-4-6-17(7-5-15)26-23-27-20-10-11-30-21(20)22(28-23)25-18-8-9-19-16(12-18)13-24-29-19/h4-14H,3H2,1-2H3,(H,24,29)(H2,25,26,27,28). The Kier molecular flexibility index (Phi) is 4.80. The van der Waals surface area contributed by atoms with E-state index in [2.05, 4.69) is 70.0 Å². The minimum atomic E-state index is 0.556. The minimum Gasteiger partial charge on any atom is -0.339 e. The van der Waals surface area contributed by atoms with Gasteiger partial charge in [-0.1, -0.05) is 26.0 Å². The van der Waals surface area contributed by atoms with Crippen molar-refractivity contribution >= 4 is 55.6 Å². The van der Waals surface area contributed by atoms with Crippen molar-refractivity contribution in [2.45, 2.75) is 26.2 Å². The Labute approximate surface area is 178 Å². The van der Waals surface area contributed by atoms with Crippen LogP contribution in [0.5, 0.6) is 0 Å². The van der Waals surface area contributed by atoms with Crippen LogP contribution in [-0.4, -0.2) is 20.2 Å². The number of nitrogens with one attached hydrogen (secondary N) is 3. The Bertz CT molecular complexity index is 1300. The van der Waals surface area contributed by atoms with Crippen LogP contribution < -0.4 is 10.6 Å². The molecule has 30 heavy (non-hydrogen) atoms. The van der Waals surface area contributed by atoms with E-state index in [-0.39, 0.29) is 0 Å². The summed E-state index contributed by atoms with van der Waals surface area (Å²) in [6.45, 7) is 4.45.